The van der Waals surface area contributed by atoms with Crippen molar-refractivity contribution in [2.75, 3.05) is 13.2 Å². The van der Waals surface area contributed by atoms with Gasteiger partial charge in [-0.15, -0.1) is 0 Å². The third-order valence-corrected chi connectivity index (χ3v) is 2.97. The summed E-state index contributed by atoms with van der Waals surface area (Å²) in [5.41, 5.74) is 0.897. The average Bonchev–Trinajstić information content (AvgIpc) is 2.42. The van der Waals surface area contributed by atoms with E-state index < -0.39 is 6.10 Å². The number of benzene rings is 1. The minimum atomic E-state index is -0.445. The Balaban J connectivity index is 2.87. The molecule has 0 aliphatic carbocycles. The van der Waals surface area contributed by atoms with E-state index in [1.165, 1.54) is 0 Å². The third kappa shape index (κ3) is 5.41. The fourth-order valence-corrected chi connectivity index (χ4v) is 1.97. The molecular formula is C17H28O3. The number of aliphatic hydroxyl groups is 1. The zero-order chi connectivity index (χ0) is 15.0. The maximum Gasteiger partial charge on any atom is 0.161 e. The van der Waals surface area contributed by atoms with Gasteiger partial charge in [-0.1, -0.05) is 33.8 Å². The second kappa shape index (κ2) is 8.85. The zero-order valence-electron chi connectivity index (χ0n) is 13.2. The summed E-state index contributed by atoms with van der Waals surface area (Å²) in [7, 11) is 0. The van der Waals surface area contributed by atoms with Crippen LogP contribution in [0.2, 0.25) is 0 Å². The van der Waals surface area contributed by atoms with E-state index in [4.69, 9.17) is 9.47 Å². The van der Waals surface area contributed by atoms with E-state index in [0.29, 0.717) is 19.1 Å². The number of hydrogen-bond acceptors (Lipinski definition) is 3. The van der Waals surface area contributed by atoms with Crippen molar-refractivity contribution in [3.8, 4) is 11.5 Å². The lowest BCUT2D eigenvalue weighted by Gasteiger charge is -2.17. The molecule has 0 aromatic heterocycles. The molecule has 1 rings (SSSR count). The monoisotopic (exact) mass is 280 g/mol. The molecular weight excluding hydrogens is 252 g/mol. The van der Waals surface area contributed by atoms with Crippen molar-refractivity contribution in [2.45, 2.75) is 53.1 Å². The standard InChI is InChI=1S/C17H28O3/c1-5-9-19-16-8-7-14(15(18)11-13(3)4)12-17(16)20-10-6-2/h7-8,12-13,15,18H,5-6,9-11H2,1-4H3. The van der Waals surface area contributed by atoms with Gasteiger partial charge in [0.2, 0.25) is 0 Å². The van der Waals surface area contributed by atoms with E-state index in [9.17, 15) is 5.11 Å². The summed E-state index contributed by atoms with van der Waals surface area (Å²) < 4.78 is 11.4. The molecule has 20 heavy (non-hydrogen) atoms. The highest BCUT2D eigenvalue weighted by Crippen LogP contribution is 2.32. The summed E-state index contributed by atoms with van der Waals surface area (Å²) in [6.07, 6.45) is 2.22. The zero-order valence-corrected chi connectivity index (χ0v) is 13.2. The van der Waals surface area contributed by atoms with Crippen LogP contribution in [0.4, 0.5) is 0 Å². The van der Waals surface area contributed by atoms with E-state index >= 15 is 0 Å². The lowest BCUT2D eigenvalue weighted by Crippen LogP contribution is -2.05. The van der Waals surface area contributed by atoms with Crippen molar-refractivity contribution in [3.05, 3.63) is 23.8 Å². The van der Waals surface area contributed by atoms with Crippen molar-refractivity contribution >= 4 is 0 Å². The van der Waals surface area contributed by atoms with Gasteiger partial charge >= 0.3 is 0 Å². The van der Waals surface area contributed by atoms with Crippen LogP contribution in [0.1, 0.15) is 58.6 Å². The SMILES string of the molecule is CCCOc1ccc(C(O)CC(C)C)cc1OCCC. The van der Waals surface area contributed by atoms with Crippen LogP contribution in [0, 0.1) is 5.92 Å². The Bertz CT molecular complexity index is 388. The van der Waals surface area contributed by atoms with Crippen LogP contribution < -0.4 is 9.47 Å². The minimum Gasteiger partial charge on any atom is -0.490 e. The van der Waals surface area contributed by atoms with Crippen LogP contribution in [0.5, 0.6) is 11.5 Å². The molecule has 0 radical (unpaired) electrons. The molecule has 3 nitrogen and oxygen atoms in total. The Morgan fingerprint density at radius 1 is 1.00 bits per heavy atom. The molecule has 0 aliphatic rings. The van der Waals surface area contributed by atoms with E-state index in [0.717, 1.165) is 36.3 Å². The largest absolute Gasteiger partial charge is 0.490 e. The lowest BCUT2D eigenvalue weighted by molar-refractivity contribution is 0.150. The molecule has 114 valence electrons. The molecule has 0 spiro atoms. The van der Waals surface area contributed by atoms with Crippen LogP contribution in [-0.4, -0.2) is 18.3 Å². The molecule has 0 heterocycles. The van der Waals surface area contributed by atoms with Crippen molar-refractivity contribution in [3.63, 3.8) is 0 Å². The molecule has 1 aromatic rings. The molecule has 0 amide bonds. The summed E-state index contributed by atoms with van der Waals surface area (Å²) >= 11 is 0. The van der Waals surface area contributed by atoms with Gasteiger partial charge in [-0.3, -0.25) is 0 Å². The number of rotatable bonds is 9. The van der Waals surface area contributed by atoms with Gasteiger partial charge in [0.05, 0.1) is 19.3 Å². The first-order valence-corrected chi connectivity index (χ1v) is 7.66. The minimum absolute atomic E-state index is 0.445. The Morgan fingerprint density at radius 2 is 1.60 bits per heavy atom. The molecule has 0 bridgehead atoms. The van der Waals surface area contributed by atoms with E-state index in [-0.39, 0.29) is 0 Å². The Hall–Kier alpha value is -1.22. The van der Waals surface area contributed by atoms with Gasteiger partial charge in [0.25, 0.3) is 0 Å². The summed E-state index contributed by atoms with van der Waals surface area (Å²) in [6, 6.07) is 5.74. The maximum atomic E-state index is 10.2. The average molecular weight is 280 g/mol. The third-order valence-electron chi connectivity index (χ3n) is 2.97. The highest BCUT2D eigenvalue weighted by Gasteiger charge is 2.13. The first kappa shape index (κ1) is 16.8. The summed E-state index contributed by atoms with van der Waals surface area (Å²) in [5.74, 6) is 1.96. The predicted molar refractivity (Wildman–Crippen MR) is 82.4 cm³/mol. The predicted octanol–water partition coefficient (Wildman–Crippen LogP) is 4.34. The van der Waals surface area contributed by atoms with Gasteiger partial charge in [0.15, 0.2) is 11.5 Å². The van der Waals surface area contributed by atoms with Crippen LogP contribution in [0.15, 0.2) is 18.2 Å². The van der Waals surface area contributed by atoms with Crippen molar-refractivity contribution in [2.24, 2.45) is 5.92 Å². The first-order valence-electron chi connectivity index (χ1n) is 7.66. The van der Waals surface area contributed by atoms with Gasteiger partial charge < -0.3 is 14.6 Å². The second-order valence-electron chi connectivity index (χ2n) is 5.55. The van der Waals surface area contributed by atoms with Crippen molar-refractivity contribution in [1.82, 2.24) is 0 Å². The smallest absolute Gasteiger partial charge is 0.161 e. The van der Waals surface area contributed by atoms with Crippen LogP contribution in [0.25, 0.3) is 0 Å². The van der Waals surface area contributed by atoms with Crippen molar-refractivity contribution in [1.29, 1.82) is 0 Å². The van der Waals surface area contributed by atoms with Crippen LogP contribution in [0.3, 0.4) is 0 Å². The quantitative estimate of drug-likeness (QED) is 0.731. The summed E-state index contributed by atoms with van der Waals surface area (Å²) in [6.45, 7) is 9.70. The fraction of sp³-hybridized carbons (Fsp3) is 0.647. The molecule has 1 N–H and O–H groups in total. The number of aliphatic hydroxyl groups excluding tert-OH is 1. The lowest BCUT2D eigenvalue weighted by atomic mass is 9.99. The van der Waals surface area contributed by atoms with Gasteiger partial charge in [0.1, 0.15) is 0 Å². The van der Waals surface area contributed by atoms with Gasteiger partial charge in [-0.2, -0.15) is 0 Å². The molecule has 0 saturated heterocycles. The van der Waals surface area contributed by atoms with Crippen molar-refractivity contribution < 1.29 is 14.6 Å². The summed E-state index contributed by atoms with van der Waals surface area (Å²) in [4.78, 5) is 0. The highest BCUT2D eigenvalue weighted by molar-refractivity contribution is 5.43. The normalized spacial score (nSPS) is 12.5. The van der Waals surface area contributed by atoms with Gasteiger partial charge in [-0.05, 0) is 42.9 Å². The molecule has 1 atom stereocenters. The summed E-state index contributed by atoms with van der Waals surface area (Å²) in [5, 5.41) is 10.2. The first-order chi connectivity index (χ1) is 9.58. The van der Waals surface area contributed by atoms with E-state index in [1.54, 1.807) is 0 Å². The van der Waals surface area contributed by atoms with Gasteiger partial charge in [-0.25, -0.2) is 0 Å². The van der Waals surface area contributed by atoms with E-state index in [2.05, 4.69) is 27.7 Å². The Labute approximate surface area is 122 Å². The molecule has 0 fully saturated rings. The Morgan fingerprint density at radius 3 is 2.15 bits per heavy atom. The molecule has 0 saturated carbocycles. The topological polar surface area (TPSA) is 38.7 Å². The van der Waals surface area contributed by atoms with Gasteiger partial charge in [0, 0.05) is 0 Å². The van der Waals surface area contributed by atoms with Crippen LogP contribution in [-0.2, 0) is 0 Å². The van der Waals surface area contributed by atoms with Crippen LogP contribution >= 0.6 is 0 Å². The molecule has 0 aliphatic heterocycles. The number of ether oxygens (including phenoxy) is 2. The molecule has 1 unspecified atom stereocenters. The fourth-order valence-electron chi connectivity index (χ4n) is 1.97. The highest BCUT2D eigenvalue weighted by atomic mass is 16.5. The second-order valence-corrected chi connectivity index (χ2v) is 5.55. The molecule has 1 aromatic carbocycles. The number of hydrogen-bond donors (Lipinski definition) is 1. The Kier molecular flexibility index (Phi) is 7.45. The maximum absolute atomic E-state index is 10.2. The van der Waals surface area contributed by atoms with E-state index in [1.807, 2.05) is 18.2 Å². The molecule has 3 heteroatoms.